The highest BCUT2D eigenvalue weighted by atomic mass is 35.5. The van der Waals surface area contributed by atoms with Crippen molar-refractivity contribution in [2.75, 3.05) is 0 Å². The van der Waals surface area contributed by atoms with Gasteiger partial charge in [0, 0.05) is 10.6 Å². The fourth-order valence-electron chi connectivity index (χ4n) is 1.28. The first-order valence-electron chi connectivity index (χ1n) is 3.89. The van der Waals surface area contributed by atoms with E-state index >= 15 is 0 Å². The predicted molar refractivity (Wildman–Crippen MR) is 48.2 cm³/mol. The van der Waals surface area contributed by atoms with Crippen molar-refractivity contribution in [3.63, 3.8) is 0 Å². The SMILES string of the molecule is NC1(c2cc(O)cc(Cl)c2)CC1. The standard InChI is InChI=1S/C9H10ClNO/c10-7-3-6(4-8(12)5-7)9(11)1-2-9/h3-5,12H,1-2,11H2. The van der Waals surface area contributed by atoms with E-state index in [1.54, 1.807) is 6.07 Å². The number of phenolic OH excluding ortho intramolecular Hbond substituents is 1. The van der Waals surface area contributed by atoms with Gasteiger partial charge in [0.2, 0.25) is 0 Å². The molecule has 0 atom stereocenters. The first kappa shape index (κ1) is 7.90. The number of aromatic hydroxyl groups is 1. The number of hydrogen-bond donors (Lipinski definition) is 2. The Kier molecular flexibility index (Phi) is 1.56. The largest absolute Gasteiger partial charge is 0.508 e. The molecule has 1 aliphatic rings. The molecule has 2 rings (SSSR count). The van der Waals surface area contributed by atoms with Crippen LogP contribution in [0.3, 0.4) is 0 Å². The van der Waals surface area contributed by atoms with Crippen molar-refractivity contribution < 1.29 is 5.11 Å². The van der Waals surface area contributed by atoms with Gasteiger partial charge in [0.1, 0.15) is 5.75 Å². The van der Waals surface area contributed by atoms with Crippen molar-refractivity contribution in [1.82, 2.24) is 0 Å². The molecular weight excluding hydrogens is 174 g/mol. The van der Waals surface area contributed by atoms with Crippen LogP contribution in [0, 0.1) is 0 Å². The van der Waals surface area contributed by atoms with E-state index in [1.807, 2.05) is 6.07 Å². The van der Waals surface area contributed by atoms with Crippen LogP contribution in [0.25, 0.3) is 0 Å². The summed E-state index contributed by atoms with van der Waals surface area (Å²) in [7, 11) is 0. The summed E-state index contributed by atoms with van der Waals surface area (Å²) in [5.41, 5.74) is 6.65. The van der Waals surface area contributed by atoms with E-state index in [0.29, 0.717) is 5.02 Å². The van der Waals surface area contributed by atoms with Crippen LogP contribution in [0.4, 0.5) is 0 Å². The lowest BCUT2D eigenvalue weighted by Crippen LogP contribution is -2.18. The summed E-state index contributed by atoms with van der Waals surface area (Å²) in [4.78, 5) is 0. The van der Waals surface area contributed by atoms with Crippen molar-refractivity contribution in [3.8, 4) is 5.75 Å². The summed E-state index contributed by atoms with van der Waals surface area (Å²) in [5.74, 6) is 0.189. The third kappa shape index (κ3) is 1.28. The van der Waals surface area contributed by atoms with Crippen LogP contribution >= 0.6 is 11.6 Å². The minimum Gasteiger partial charge on any atom is -0.508 e. The lowest BCUT2D eigenvalue weighted by atomic mass is 10.1. The van der Waals surface area contributed by atoms with E-state index in [0.717, 1.165) is 18.4 Å². The molecule has 1 saturated carbocycles. The van der Waals surface area contributed by atoms with Crippen molar-refractivity contribution in [3.05, 3.63) is 28.8 Å². The van der Waals surface area contributed by atoms with Gasteiger partial charge in [-0.15, -0.1) is 0 Å². The molecule has 0 spiro atoms. The van der Waals surface area contributed by atoms with Crippen LogP contribution in [0.5, 0.6) is 5.75 Å². The van der Waals surface area contributed by atoms with E-state index in [4.69, 9.17) is 17.3 Å². The average Bonchev–Trinajstić information content (AvgIpc) is 2.67. The molecule has 1 fully saturated rings. The summed E-state index contributed by atoms with van der Waals surface area (Å²) in [5, 5.41) is 9.79. The zero-order valence-corrected chi connectivity index (χ0v) is 7.30. The second-order valence-electron chi connectivity index (χ2n) is 3.35. The quantitative estimate of drug-likeness (QED) is 0.700. The monoisotopic (exact) mass is 183 g/mol. The number of phenols is 1. The van der Waals surface area contributed by atoms with Gasteiger partial charge >= 0.3 is 0 Å². The Morgan fingerprint density at radius 2 is 2.00 bits per heavy atom. The summed E-state index contributed by atoms with van der Waals surface area (Å²) in [6.45, 7) is 0. The molecule has 0 saturated heterocycles. The Hall–Kier alpha value is -0.730. The fraction of sp³-hybridized carbons (Fsp3) is 0.333. The van der Waals surface area contributed by atoms with Crippen molar-refractivity contribution in [1.29, 1.82) is 0 Å². The molecular formula is C9H10ClNO. The number of nitrogens with two attached hydrogens (primary N) is 1. The normalized spacial score (nSPS) is 19.2. The third-order valence-corrected chi connectivity index (χ3v) is 2.46. The van der Waals surface area contributed by atoms with Crippen LogP contribution in [0.1, 0.15) is 18.4 Å². The Morgan fingerprint density at radius 3 is 2.50 bits per heavy atom. The maximum Gasteiger partial charge on any atom is 0.117 e. The molecule has 0 amide bonds. The van der Waals surface area contributed by atoms with E-state index in [9.17, 15) is 5.11 Å². The lowest BCUT2D eigenvalue weighted by Gasteiger charge is -2.09. The predicted octanol–water partition coefficient (Wildman–Crippen LogP) is 1.99. The molecule has 0 aromatic heterocycles. The first-order chi connectivity index (χ1) is 5.60. The van der Waals surface area contributed by atoms with E-state index in [-0.39, 0.29) is 11.3 Å². The van der Waals surface area contributed by atoms with Crippen LogP contribution in [-0.4, -0.2) is 5.11 Å². The highest BCUT2D eigenvalue weighted by Gasteiger charge is 2.40. The van der Waals surface area contributed by atoms with Crippen LogP contribution in [0.2, 0.25) is 5.02 Å². The van der Waals surface area contributed by atoms with Crippen molar-refractivity contribution >= 4 is 11.6 Å². The minimum absolute atomic E-state index is 0.189. The molecule has 3 N–H and O–H groups in total. The summed E-state index contributed by atoms with van der Waals surface area (Å²) >= 11 is 5.77. The zero-order chi connectivity index (χ0) is 8.77. The second-order valence-corrected chi connectivity index (χ2v) is 3.79. The van der Waals surface area contributed by atoms with Gasteiger partial charge in [-0.05, 0) is 36.6 Å². The van der Waals surface area contributed by atoms with Gasteiger partial charge in [-0.25, -0.2) is 0 Å². The smallest absolute Gasteiger partial charge is 0.117 e. The number of halogens is 1. The van der Waals surface area contributed by atoms with Gasteiger partial charge in [-0.2, -0.15) is 0 Å². The maximum absolute atomic E-state index is 9.25. The van der Waals surface area contributed by atoms with Gasteiger partial charge in [0.25, 0.3) is 0 Å². The van der Waals surface area contributed by atoms with Gasteiger partial charge in [0.15, 0.2) is 0 Å². The Morgan fingerprint density at radius 1 is 1.33 bits per heavy atom. The molecule has 2 nitrogen and oxygen atoms in total. The Balaban J connectivity index is 2.44. The third-order valence-electron chi connectivity index (χ3n) is 2.25. The first-order valence-corrected chi connectivity index (χ1v) is 4.27. The van der Waals surface area contributed by atoms with Crippen LogP contribution in [-0.2, 0) is 5.54 Å². The molecule has 0 radical (unpaired) electrons. The molecule has 64 valence electrons. The molecule has 12 heavy (non-hydrogen) atoms. The summed E-state index contributed by atoms with van der Waals surface area (Å²) < 4.78 is 0. The van der Waals surface area contributed by atoms with E-state index < -0.39 is 0 Å². The average molecular weight is 184 g/mol. The molecule has 1 aromatic carbocycles. The van der Waals surface area contributed by atoms with Gasteiger partial charge < -0.3 is 10.8 Å². The molecule has 0 aliphatic heterocycles. The number of rotatable bonds is 1. The topological polar surface area (TPSA) is 46.2 Å². The molecule has 0 unspecified atom stereocenters. The molecule has 1 aromatic rings. The lowest BCUT2D eigenvalue weighted by molar-refractivity contribution is 0.473. The van der Waals surface area contributed by atoms with Crippen molar-refractivity contribution in [2.45, 2.75) is 18.4 Å². The molecule has 3 heteroatoms. The van der Waals surface area contributed by atoms with Crippen LogP contribution in [0.15, 0.2) is 18.2 Å². The highest BCUT2D eigenvalue weighted by molar-refractivity contribution is 6.30. The minimum atomic E-state index is -0.220. The van der Waals surface area contributed by atoms with E-state index in [1.165, 1.54) is 6.07 Å². The molecule has 0 heterocycles. The fourth-order valence-corrected chi connectivity index (χ4v) is 1.51. The number of benzene rings is 1. The molecule has 0 bridgehead atoms. The summed E-state index contributed by atoms with van der Waals surface area (Å²) in [6.07, 6.45) is 1.96. The van der Waals surface area contributed by atoms with E-state index in [2.05, 4.69) is 0 Å². The maximum atomic E-state index is 9.25. The number of hydrogen-bond acceptors (Lipinski definition) is 2. The Labute approximate surface area is 76.0 Å². The van der Waals surface area contributed by atoms with Gasteiger partial charge in [0.05, 0.1) is 0 Å². The Bertz CT molecular complexity index is 300. The van der Waals surface area contributed by atoms with Crippen LogP contribution < -0.4 is 5.73 Å². The van der Waals surface area contributed by atoms with Gasteiger partial charge in [-0.3, -0.25) is 0 Å². The summed E-state index contributed by atoms with van der Waals surface area (Å²) in [6, 6.07) is 5.00. The second kappa shape index (κ2) is 2.38. The van der Waals surface area contributed by atoms with Crippen molar-refractivity contribution in [2.24, 2.45) is 5.73 Å². The van der Waals surface area contributed by atoms with Gasteiger partial charge in [-0.1, -0.05) is 11.6 Å². The zero-order valence-electron chi connectivity index (χ0n) is 6.55. The highest BCUT2D eigenvalue weighted by Crippen LogP contribution is 2.44. The molecule has 1 aliphatic carbocycles.